The topological polar surface area (TPSA) is 42.0 Å². The summed E-state index contributed by atoms with van der Waals surface area (Å²) in [7, 11) is 0. The molecule has 0 aliphatic carbocycles. The second-order valence-electron chi connectivity index (χ2n) is 4.43. The summed E-state index contributed by atoms with van der Waals surface area (Å²) in [6.07, 6.45) is 2.07. The van der Waals surface area contributed by atoms with Gasteiger partial charge in [0, 0.05) is 28.4 Å². The minimum atomic E-state index is -0.737. The van der Waals surface area contributed by atoms with Gasteiger partial charge in [-0.3, -0.25) is 4.79 Å². The molecule has 0 aliphatic heterocycles. The van der Waals surface area contributed by atoms with Crippen LogP contribution in [0.4, 0.5) is 4.39 Å². The molecule has 1 amide bonds. The van der Waals surface area contributed by atoms with Gasteiger partial charge in [0.1, 0.15) is 0 Å². The Balaban J connectivity index is 1.97. The summed E-state index contributed by atoms with van der Waals surface area (Å²) in [5.74, 6) is -1.16. The van der Waals surface area contributed by atoms with Gasteiger partial charge < -0.3 is 5.32 Å². The molecule has 2 aromatic rings. The Kier molecular flexibility index (Phi) is 4.27. The first-order chi connectivity index (χ1) is 9.06. The fourth-order valence-corrected chi connectivity index (χ4v) is 2.82. The number of halogens is 1. The molecule has 0 fully saturated rings. The second-order valence-corrected chi connectivity index (χ2v) is 5.81. The number of nitrogens with one attached hydrogen (secondary N) is 1. The average molecular weight is 278 g/mol. The molecule has 2 rings (SSSR count). The van der Waals surface area contributed by atoms with Crippen LogP contribution < -0.4 is 5.32 Å². The van der Waals surface area contributed by atoms with Crippen LogP contribution in [0.15, 0.2) is 30.5 Å². The van der Waals surface area contributed by atoms with E-state index in [9.17, 15) is 9.18 Å². The summed E-state index contributed by atoms with van der Waals surface area (Å²) in [4.78, 5) is 17.8. The summed E-state index contributed by atoms with van der Waals surface area (Å²) in [6.45, 7) is 3.95. The molecule has 0 aliphatic rings. The molecule has 19 heavy (non-hydrogen) atoms. The van der Waals surface area contributed by atoms with Gasteiger partial charge >= 0.3 is 0 Å². The van der Waals surface area contributed by atoms with Crippen molar-refractivity contribution in [3.63, 3.8) is 0 Å². The molecule has 0 spiro atoms. The zero-order chi connectivity index (χ0) is 13.8. The fourth-order valence-electron chi connectivity index (χ4n) is 1.80. The predicted octanol–water partition coefficient (Wildman–Crippen LogP) is 2.95. The van der Waals surface area contributed by atoms with Crippen molar-refractivity contribution in [2.45, 2.75) is 26.3 Å². The molecule has 3 nitrogen and oxygen atoms in total. The van der Waals surface area contributed by atoms with Gasteiger partial charge in [0.2, 0.25) is 5.95 Å². The molecule has 1 N–H and O–H groups in total. The number of hydrogen-bond donors (Lipinski definition) is 1. The van der Waals surface area contributed by atoms with Gasteiger partial charge in [0.25, 0.3) is 5.91 Å². The lowest BCUT2D eigenvalue weighted by Crippen LogP contribution is -2.34. The first-order valence-corrected chi connectivity index (χ1v) is 6.84. The van der Waals surface area contributed by atoms with Crippen LogP contribution >= 0.6 is 11.3 Å². The SMILES string of the molecule is Cc1ccc(CC(C)NC(=O)c2cccnc2F)s1. The number of thiophene rings is 1. The largest absolute Gasteiger partial charge is 0.349 e. The van der Waals surface area contributed by atoms with Gasteiger partial charge in [0.05, 0.1) is 5.56 Å². The Labute approximate surface area is 115 Å². The highest BCUT2D eigenvalue weighted by molar-refractivity contribution is 7.11. The van der Waals surface area contributed by atoms with E-state index >= 15 is 0 Å². The van der Waals surface area contributed by atoms with Crippen molar-refractivity contribution in [1.29, 1.82) is 0 Å². The molecule has 0 aromatic carbocycles. The Hall–Kier alpha value is -1.75. The highest BCUT2D eigenvalue weighted by Crippen LogP contribution is 2.16. The average Bonchev–Trinajstić information content (AvgIpc) is 2.74. The summed E-state index contributed by atoms with van der Waals surface area (Å²) in [5, 5.41) is 2.78. The third-order valence-corrected chi connectivity index (χ3v) is 3.71. The normalized spacial score (nSPS) is 12.2. The van der Waals surface area contributed by atoms with Crippen molar-refractivity contribution in [3.8, 4) is 0 Å². The number of amides is 1. The molecule has 0 radical (unpaired) electrons. The maximum absolute atomic E-state index is 13.4. The van der Waals surface area contributed by atoms with Crippen molar-refractivity contribution < 1.29 is 9.18 Å². The lowest BCUT2D eigenvalue weighted by molar-refractivity contribution is 0.0935. The van der Waals surface area contributed by atoms with E-state index in [0.717, 1.165) is 6.42 Å². The van der Waals surface area contributed by atoms with E-state index in [4.69, 9.17) is 0 Å². The van der Waals surface area contributed by atoms with Crippen LogP contribution in [0.1, 0.15) is 27.0 Å². The van der Waals surface area contributed by atoms with E-state index in [-0.39, 0.29) is 11.6 Å². The van der Waals surface area contributed by atoms with Crippen molar-refractivity contribution in [2.24, 2.45) is 0 Å². The number of rotatable bonds is 4. The molecule has 0 saturated carbocycles. The minimum absolute atomic E-state index is 0.0169. The highest BCUT2D eigenvalue weighted by atomic mass is 32.1. The molecule has 5 heteroatoms. The maximum Gasteiger partial charge on any atom is 0.256 e. The van der Waals surface area contributed by atoms with E-state index in [1.165, 1.54) is 22.0 Å². The standard InChI is InChI=1S/C14H15FN2OS/c1-9(8-11-6-5-10(2)19-11)17-14(18)12-4-3-7-16-13(12)15/h3-7,9H,8H2,1-2H3,(H,17,18). The quantitative estimate of drug-likeness (QED) is 0.874. The maximum atomic E-state index is 13.4. The van der Waals surface area contributed by atoms with E-state index in [1.54, 1.807) is 17.4 Å². The zero-order valence-corrected chi connectivity index (χ0v) is 11.6. The van der Waals surface area contributed by atoms with Gasteiger partial charge in [-0.2, -0.15) is 4.39 Å². The highest BCUT2D eigenvalue weighted by Gasteiger charge is 2.15. The van der Waals surface area contributed by atoms with Gasteiger partial charge in [0.15, 0.2) is 0 Å². The summed E-state index contributed by atoms with van der Waals surface area (Å²) in [5.41, 5.74) is -0.0169. The lowest BCUT2D eigenvalue weighted by atomic mass is 10.2. The fraction of sp³-hybridized carbons (Fsp3) is 0.286. The van der Waals surface area contributed by atoms with Crippen LogP contribution in [0, 0.1) is 12.9 Å². The van der Waals surface area contributed by atoms with Gasteiger partial charge in [-0.15, -0.1) is 11.3 Å². The number of aryl methyl sites for hydroxylation is 1. The number of nitrogens with zero attached hydrogens (tertiary/aromatic N) is 1. The Morgan fingerprint density at radius 1 is 1.47 bits per heavy atom. The van der Waals surface area contributed by atoms with Gasteiger partial charge in [-0.1, -0.05) is 0 Å². The monoisotopic (exact) mass is 278 g/mol. The second kappa shape index (κ2) is 5.93. The van der Waals surface area contributed by atoms with Gasteiger partial charge in [-0.25, -0.2) is 4.98 Å². The number of hydrogen-bond acceptors (Lipinski definition) is 3. The third kappa shape index (κ3) is 3.61. The number of pyridine rings is 1. The van der Waals surface area contributed by atoms with E-state index in [1.807, 2.05) is 19.9 Å². The van der Waals surface area contributed by atoms with Crippen molar-refractivity contribution >= 4 is 17.2 Å². The van der Waals surface area contributed by atoms with Crippen molar-refractivity contribution in [1.82, 2.24) is 10.3 Å². The van der Waals surface area contributed by atoms with Crippen LogP contribution in [-0.4, -0.2) is 16.9 Å². The van der Waals surface area contributed by atoms with Crippen molar-refractivity contribution in [3.05, 3.63) is 51.7 Å². The molecule has 100 valence electrons. The van der Waals surface area contributed by atoms with Crippen LogP contribution in [0.3, 0.4) is 0 Å². The smallest absolute Gasteiger partial charge is 0.256 e. The lowest BCUT2D eigenvalue weighted by Gasteiger charge is -2.13. The number of carbonyl (C=O) groups is 1. The molecule has 1 unspecified atom stereocenters. The third-order valence-electron chi connectivity index (χ3n) is 2.68. The van der Waals surface area contributed by atoms with E-state index in [0.29, 0.717) is 0 Å². The first-order valence-electron chi connectivity index (χ1n) is 6.03. The van der Waals surface area contributed by atoms with Crippen LogP contribution in [-0.2, 0) is 6.42 Å². The molecule has 2 aromatic heterocycles. The minimum Gasteiger partial charge on any atom is -0.349 e. The predicted molar refractivity (Wildman–Crippen MR) is 73.9 cm³/mol. The molecule has 2 heterocycles. The molecule has 0 bridgehead atoms. The Bertz CT molecular complexity index is 582. The molecule has 0 saturated heterocycles. The van der Waals surface area contributed by atoms with E-state index < -0.39 is 11.9 Å². The van der Waals surface area contributed by atoms with Gasteiger partial charge in [-0.05, 0) is 38.1 Å². The van der Waals surface area contributed by atoms with Crippen molar-refractivity contribution in [2.75, 3.05) is 0 Å². The molecular weight excluding hydrogens is 263 g/mol. The van der Waals surface area contributed by atoms with Crippen LogP contribution in [0.2, 0.25) is 0 Å². The van der Waals surface area contributed by atoms with E-state index in [2.05, 4.69) is 16.4 Å². The number of carbonyl (C=O) groups excluding carboxylic acids is 1. The summed E-state index contributed by atoms with van der Waals surface area (Å²) < 4.78 is 13.4. The Morgan fingerprint density at radius 3 is 2.89 bits per heavy atom. The summed E-state index contributed by atoms with van der Waals surface area (Å²) in [6, 6.07) is 7.03. The zero-order valence-electron chi connectivity index (χ0n) is 10.8. The molecule has 1 atom stereocenters. The van der Waals surface area contributed by atoms with Crippen LogP contribution in [0.25, 0.3) is 0 Å². The number of aromatic nitrogens is 1. The van der Waals surface area contributed by atoms with Crippen LogP contribution in [0.5, 0.6) is 0 Å². The Morgan fingerprint density at radius 2 is 2.26 bits per heavy atom. The summed E-state index contributed by atoms with van der Waals surface area (Å²) >= 11 is 1.70. The molecular formula is C14H15FN2OS. The first kappa shape index (κ1) is 13.7.